The van der Waals surface area contributed by atoms with Gasteiger partial charge in [-0.25, -0.2) is 19.6 Å². The molecule has 0 bridgehead atoms. The molecule has 1 aromatic heterocycles. The van der Waals surface area contributed by atoms with Crippen molar-refractivity contribution < 1.29 is 14.3 Å². The Kier molecular flexibility index (Phi) is 6.60. The van der Waals surface area contributed by atoms with Crippen LogP contribution in [0.4, 0.5) is 16.4 Å². The monoisotopic (exact) mass is 431 g/mol. The first kappa shape index (κ1) is 21.3. The third-order valence-electron chi connectivity index (χ3n) is 5.24. The lowest BCUT2D eigenvalue weighted by atomic mass is 10.1. The largest absolute Gasteiger partial charge is 0.462 e. The number of esters is 1. The van der Waals surface area contributed by atoms with E-state index >= 15 is 0 Å². The van der Waals surface area contributed by atoms with Crippen LogP contribution in [-0.2, 0) is 4.74 Å². The Labute approximate surface area is 186 Å². The normalized spacial score (nSPS) is 13.5. The van der Waals surface area contributed by atoms with Crippen LogP contribution in [0.5, 0.6) is 0 Å². The summed E-state index contributed by atoms with van der Waals surface area (Å²) in [6.45, 7) is 4.39. The summed E-state index contributed by atoms with van der Waals surface area (Å²) in [6.07, 6.45) is 2.94. The molecule has 1 aliphatic heterocycles. The molecule has 2 heterocycles. The maximum absolute atomic E-state index is 12.7. The van der Waals surface area contributed by atoms with Gasteiger partial charge in [-0.15, -0.1) is 0 Å². The molecule has 164 valence electrons. The maximum Gasteiger partial charge on any atom is 0.341 e. The molecule has 0 unspecified atom stereocenters. The minimum Gasteiger partial charge on any atom is -0.462 e. The van der Waals surface area contributed by atoms with Crippen molar-refractivity contribution in [3.63, 3.8) is 0 Å². The average molecular weight is 431 g/mol. The van der Waals surface area contributed by atoms with E-state index in [4.69, 9.17) is 4.74 Å². The van der Waals surface area contributed by atoms with E-state index in [-0.39, 0.29) is 6.03 Å². The third kappa shape index (κ3) is 5.03. The Morgan fingerprint density at radius 3 is 2.16 bits per heavy atom. The summed E-state index contributed by atoms with van der Waals surface area (Å²) in [5.41, 5.74) is 3.33. The molecule has 0 atom stereocenters. The molecule has 1 aliphatic rings. The van der Waals surface area contributed by atoms with Crippen LogP contribution in [0.1, 0.15) is 17.3 Å². The number of carbonyl (C=O) groups is 2. The number of urea groups is 1. The second-order valence-electron chi connectivity index (χ2n) is 7.34. The highest BCUT2D eigenvalue weighted by Crippen LogP contribution is 2.21. The average Bonchev–Trinajstić information content (AvgIpc) is 2.85. The number of hydrogen-bond acceptors (Lipinski definition) is 6. The van der Waals surface area contributed by atoms with E-state index < -0.39 is 5.97 Å². The Morgan fingerprint density at radius 2 is 1.53 bits per heavy atom. The highest BCUT2D eigenvalue weighted by molar-refractivity contribution is 5.90. The predicted molar refractivity (Wildman–Crippen MR) is 123 cm³/mol. The number of benzene rings is 2. The van der Waals surface area contributed by atoms with Crippen LogP contribution in [0.2, 0.25) is 0 Å². The molecule has 32 heavy (non-hydrogen) atoms. The van der Waals surface area contributed by atoms with E-state index in [0.717, 1.165) is 16.8 Å². The number of ether oxygens (including phenoxy) is 1. The Hall–Kier alpha value is -3.94. The number of rotatable bonds is 5. The summed E-state index contributed by atoms with van der Waals surface area (Å²) in [5.74, 6) is 0.104. The van der Waals surface area contributed by atoms with Gasteiger partial charge >= 0.3 is 12.0 Å². The van der Waals surface area contributed by atoms with E-state index in [2.05, 4.69) is 27.4 Å². The number of anilines is 2. The number of hydrogen-bond donors (Lipinski definition) is 1. The first-order chi connectivity index (χ1) is 15.6. The van der Waals surface area contributed by atoms with E-state index in [1.807, 2.05) is 47.4 Å². The number of piperazine rings is 1. The fraction of sp³-hybridized carbons (Fsp3) is 0.250. The zero-order valence-corrected chi connectivity index (χ0v) is 17.9. The number of nitrogens with zero attached hydrogens (tertiary/aromatic N) is 4. The molecule has 0 radical (unpaired) electrons. The molecular weight excluding hydrogens is 406 g/mol. The summed E-state index contributed by atoms with van der Waals surface area (Å²) in [7, 11) is 0. The van der Waals surface area contributed by atoms with Crippen LogP contribution >= 0.6 is 0 Å². The molecule has 3 aromatic rings. The van der Waals surface area contributed by atoms with Crippen LogP contribution in [0, 0.1) is 0 Å². The molecule has 8 heteroatoms. The number of aromatic nitrogens is 2. The minimum atomic E-state index is -0.433. The lowest BCUT2D eigenvalue weighted by Crippen LogP contribution is -2.50. The van der Waals surface area contributed by atoms with Crippen molar-refractivity contribution >= 4 is 23.6 Å². The Morgan fingerprint density at radius 1 is 0.906 bits per heavy atom. The summed E-state index contributed by atoms with van der Waals surface area (Å²) >= 11 is 0. The maximum atomic E-state index is 12.7. The minimum absolute atomic E-state index is 0.129. The van der Waals surface area contributed by atoms with Crippen molar-refractivity contribution in [3.8, 4) is 11.1 Å². The predicted octanol–water partition coefficient (Wildman–Crippen LogP) is 3.67. The van der Waals surface area contributed by atoms with E-state index in [9.17, 15) is 9.59 Å². The van der Waals surface area contributed by atoms with E-state index in [1.54, 1.807) is 11.8 Å². The van der Waals surface area contributed by atoms with Crippen LogP contribution in [0.3, 0.4) is 0 Å². The highest BCUT2D eigenvalue weighted by atomic mass is 16.5. The molecule has 2 amide bonds. The van der Waals surface area contributed by atoms with Gasteiger partial charge in [-0.1, -0.05) is 42.5 Å². The van der Waals surface area contributed by atoms with Gasteiger partial charge in [-0.3, -0.25) is 0 Å². The van der Waals surface area contributed by atoms with Gasteiger partial charge in [0, 0.05) is 44.3 Å². The van der Waals surface area contributed by atoms with Crippen molar-refractivity contribution in [2.24, 2.45) is 0 Å². The van der Waals surface area contributed by atoms with Crippen LogP contribution in [0.15, 0.2) is 67.0 Å². The van der Waals surface area contributed by atoms with Crippen molar-refractivity contribution in [2.75, 3.05) is 43.0 Å². The van der Waals surface area contributed by atoms with Gasteiger partial charge in [-0.05, 0) is 30.2 Å². The second kappa shape index (κ2) is 9.91. The lowest BCUT2D eigenvalue weighted by Gasteiger charge is -2.34. The smallest absolute Gasteiger partial charge is 0.341 e. The molecular formula is C24H25N5O3. The lowest BCUT2D eigenvalue weighted by molar-refractivity contribution is 0.0525. The molecule has 0 aliphatic carbocycles. The molecule has 1 fully saturated rings. The zero-order valence-electron chi connectivity index (χ0n) is 17.9. The summed E-state index contributed by atoms with van der Waals surface area (Å²) in [5, 5.41) is 2.96. The third-order valence-corrected chi connectivity index (χ3v) is 5.24. The number of nitrogens with one attached hydrogen (secondary N) is 1. The summed E-state index contributed by atoms with van der Waals surface area (Å²) in [6, 6.07) is 17.8. The van der Waals surface area contributed by atoms with Crippen molar-refractivity contribution in [3.05, 3.63) is 72.6 Å². The van der Waals surface area contributed by atoms with Gasteiger partial charge in [0.1, 0.15) is 0 Å². The zero-order chi connectivity index (χ0) is 22.3. The first-order valence-corrected chi connectivity index (χ1v) is 10.6. The quantitative estimate of drug-likeness (QED) is 0.620. The van der Waals surface area contributed by atoms with Gasteiger partial charge in [0.05, 0.1) is 12.2 Å². The molecule has 4 rings (SSSR count). The molecule has 8 nitrogen and oxygen atoms in total. The van der Waals surface area contributed by atoms with Crippen molar-refractivity contribution in [1.29, 1.82) is 0 Å². The Bertz CT molecular complexity index is 1050. The number of amides is 2. The first-order valence-electron chi connectivity index (χ1n) is 10.6. The van der Waals surface area contributed by atoms with Gasteiger partial charge in [-0.2, -0.15) is 0 Å². The topological polar surface area (TPSA) is 87.7 Å². The van der Waals surface area contributed by atoms with E-state index in [0.29, 0.717) is 44.3 Å². The standard InChI is InChI=1S/C24H25N5O3/c1-2-32-22(30)20-16-25-23(26-17-20)28-12-14-29(15-13-28)24(31)27-21-10-8-19(9-11-21)18-6-4-3-5-7-18/h3-11,16-17H,2,12-15H2,1H3,(H,27,31). The highest BCUT2D eigenvalue weighted by Gasteiger charge is 2.23. The van der Waals surface area contributed by atoms with Crippen LogP contribution in [-0.4, -0.2) is 59.7 Å². The summed E-state index contributed by atoms with van der Waals surface area (Å²) < 4.78 is 4.95. The SMILES string of the molecule is CCOC(=O)c1cnc(N2CCN(C(=O)Nc3ccc(-c4ccccc4)cc3)CC2)nc1. The molecule has 0 spiro atoms. The van der Waals surface area contributed by atoms with Crippen molar-refractivity contribution in [2.45, 2.75) is 6.92 Å². The van der Waals surface area contributed by atoms with Crippen LogP contribution < -0.4 is 10.2 Å². The molecule has 1 saturated heterocycles. The fourth-order valence-corrected chi connectivity index (χ4v) is 3.49. The van der Waals surface area contributed by atoms with Gasteiger partial charge < -0.3 is 19.9 Å². The van der Waals surface area contributed by atoms with Crippen LogP contribution in [0.25, 0.3) is 11.1 Å². The number of carbonyl (C=O) groups excluding carboxylic acids is 2. The van der Waals surface area contributed by atoms with Gasteiger partial charge in [0.2, 0.25) is 5.95 Å². The molecule has 2 aromatic carbocycles. The molecule has 1 N–H and O–H groups in total. The fourth-order valence-electron chi connectivity index (χ4n) is 3.49. The second-order valence-corrected chi connectivity index (χ2v) is 7.34. The van der Waals surface area contributed by atoms with Crippen molar-refractivity contribution in [1.82, 2.24) is 14.9 Å². The Balaban J connectivity index is 1.29. The van der Waals surface area contributed by atoms with E-state index in [1.165, 1.54) is 12.4 Å². The van der Waals surface area contributed by atoms with Gasteiger partial charge in [0.15, 0.2) is 0 Å². The summed E-state index contributed by atoms with van der Waals surface area (Å²) in [4.78, 5) is 36.7. The molecule has 0 saturated carbocycles. The van der Waals surface area contributed by atoms with Gasteiger partial charge in [0.25, 0.3) is 0 Å².